The minimum absolute atomic E-state index is 0.00116. The molecule has 0 bridgehead atoms. The van der Waals surface area contributed by atoms with E-state index in [9.17, 15) is 14.9 Å². The molecule has 1 aliphatic rings. The maximum atomic E-state index is 13.3. The highest BCUT2D eigenvalue weighted by Crippen LogP contribution is 2.51. The van der Waals surface area contributed by atoms with E-state index in [0.717, 1.165) is 16.7 Å². The van der Waals surface area contributed by atoms with E-state index in [0.29, 0.717) is 11.5 Å². The van der Waals surface area contributed by atoms with Crippen molar-refractivity contribution >= 4 is 8.53 Å². The van der Waals surface area contributed by atoms with Gasteiger partial charge in [-0.1, -0.05) is 60.7 Å². The van der Waals surface area contributed by atoms with E-state index in [1.54, 1.807) is 20.3 Å². The van der Waals surface area contributed by atoms with Crippen LogP contribution in [0.25, 0.3) is 0 Å². The van der Waals surface area contributed by atoms with Crippen molar-refractivity contribution in [2.24, 2.45) is 0 Å². The molecule has 1 aliphatic heterocycles. The first kappa shape index (κ1) is 42.5. The molecule has 0 saturated carbocycles. The molecule has 1 fully saturated rings. The molecule has 0 spiro atoms. The van der Waals surface area contributed by atoms with Crippen LogP contribution >= 0.6 is 8.53 Å². The van der Waals surface area contributed by atoms with Gasteiger partial charge in [0.05, 0.1) is 46.5 Å². The molecule has 5 atom stereocenters. The summed E-state index contributed by atoms with van der Waals surface area (Å²) < 4.78 is 48.2. The zero-order valence-electron chi connectivity index (χ0n) is 32.7. The number of aromatic nitrogens is 2. The second-order valence-corrected chi connectivity index (χ2v) is 15.0. The Balaban J connectivity index is 1.67. The monoisotopic (exact) mass is 786 g/mol. The van der Waals surface area contributed by atoms with Crippen LogP contribution < -0.4 is 20.7 Å². The normalized spacial score (nSPS) is 18.9. The van der Waals surface area contributed by atoms with Crippen molar-refractivity contribution in [1.82, 2.24) is 14.2 Å². The molecule has 1 N–H and O–H groups in total. The van der Waals surface area contributed by atoms with Crippen LogP contribution in [0.5, 0.6) is 11.5 Å². The molecule has 3 aromatic carbocycles. The smallest absolute Gasteiger partial charge is 0.330 e. The fourth-order valence-electron chi connectivity index (χ4n) is 6.86. The molecule has 2 heterocycles. The summed E-state index contributed by atoms with van der Waals surface area (Å²) in [6.07, 6.45) is -0.555. The van der Waals surface area contributed by atoms with Crippen molar-refractivity contribution in [2.45, 2.75) is 76.3 Å². The molecule has 14 heteroatoms. The second kappa shape index (κ2) is 20.0. The Morgan fingerprint density at radius 3 is 2.02 bits per heavy atom. The van der Waals surface area contributed by atoms with Crippen LogP contribution in [0, 0.1) is 11.3 Å². The largest absolute Gasteiger partial charge is 0.497 e. The maximum Gasteiger partial charge on any atom is 0.330 e. The summed E-state index contributed by atoms with van der Waals surface area (Å²) in [6, 6.07) is 28.6. The number of methoxy groups -OCH3 is 2. The molecule has 298 valence electrons. The van der Waals surface area contributed by atoms with Crippen molar-refractivity contribution in [2.75, 3.05) is 34.0 Å². The molecule has 0 aliphatic carbocycles. The van der Waals surface area contributed by atoms with Crippen molar-refractivity contribution in [3.63, 3.8) is 0 Å². The molecule has 4 aromatic rings. The van der Waals surface area contributed by atoms with Gasteiger partial charge in [0.2, 0.25) is 0 Å². The number of aromatic amines is 1. The van der Waals surface area contributed by atoms with Gasteiger partial charge in [0.25, 0.3) is 14.1 Å². The summed E-state index contributed by atoms with van der Waals surface area (Å²) >= 11 is 0. The van der Waals surface area contributed by atoms with E-state index in [2.05, 4.69) is 22.3 Å². The van der Waals surface area contributed by atoms with Gasteiger partial charge in [0.1, 0.15) is 35.4 Å². The number of rotatable bonds is 20. The SMILES string of the molecule is C=CCO[C@@H]1[C@H](OP(OCCC#N)N(C(C)C)C(C)C)[C@@H](COC(c2ccccc2)(c2ccc(OC)cc2)c2ccc(OC)cc2)O[C@H]1n1ccc(=O)[nH]c1=O. The van der Waals surface area contributed by atoms with Gasteiger partial charge in [-0.25, -0.2) is 9.46 Å². The lowest BCUT2D eigenvalue weighted by Gasteiger charge is -2.39. The number of nitrogens with one attached hydrogen (secondary N) is 1. The molecule has 13 nitrogen and oxygen atoms in total. The minimum atomic E-state index is -1.81. The van der Waals surface area contributed by atoms with Gasteiger partial charge in [0, 0.05) is 24.3 Å². The number of ether oxygens (including phenoxy) is 5. The third-order valence-corrected chi connectivity index (χ3v) is 11.5. The van der Waals surface area contributed by atoms with E-state index in [1.165, 1.54) is 16.8 Å². The van der Waals surface area contributed by atoms with E-state index in [4.69, 9.17) is 32.7 Å². The van der Waals surface area contributed by atoms with Gasteiger partial charge in [-0.05, 0) is 68.7 Å². The first-order chi connectivity index (χ1) is 27.1. The van der Waals surface area contributed by atoms with Gasteiger partial charge in [-0.2, -0.15) is 5.26 Å². The number of hydrogen-bond acceptors (Lipinski definition) is 11. The first-order valence-corrected chi connectivity index (χ1v) is 19.6. The standard InChI is InChI=1S/C42H51N4O9P/c1-8-26-51-39-38(55-56(53-27-12-24-43)46(29(2)3)30(4)5)36(54-40(39)45-25-23-37(47)44-41(45)48)28-52-42(31-13-10-9-11-14-31,32-15-19-34(49-6)20-16-32)33-17-21-35(50-7)22-18-33/h8-11,13-23,25,29-30,36,38-40H,1,12,26-28H2,2-7H3,(H,44,47,48)/t36-,38-,39-,40-,56?/m1/s1. The highest BCUT2D eigenvalue weighted by atomic mass is 31.2. The zero-order chi connectivity index (χ0) is 40.2. The predicted molar refractivity (Wildman–Crippen MR) is 214 cm³/mol. The topological polar surface area (TPSA) is 146 Å². The third kappa shape index (κ3) is 9.65. The van der Waals surface area contributed by atoms with Gasteiger partial charge in [-0.15, -0.1) is 6.58 Å². The van der Waals surface area contributed by atoms with E-state index < -0.39 is 49.9 Å². The van der Waals surface area contributed by atoms with Crippen LogP contribution in [0.3, 0.4) is 0 Å². The molecule has 0 radical (unpaired) electrons. The van der Waals surface area contributed by atoms with Gasteiger partial charge >= 0.3 is 5.69 Å². The summed E-state index contributed by atoms with van der Waals surface area (Å²) in [5, 5.41) is 9.38. The molecule has 1 saturated heterocycles. The van der Waals surface area contributed by atoms with Crippen molar-refractivity contribution in [3.8, 4) is 17.6 Å². The minimum Gasteiger partial charge on any atom is -0.497 e. The quantitative estimate of drug-likeness (QED) is 0.0443. The van der Waals surface area contributed by atoms with Gasteiger partial charge in [0.15, 0.2) is 6.23 Å². The van der Waals surface area contributed by atoms with E-state index in [1.807, 2.05) is 107 Å². The Morgan fingerprint density at radius 2 is 1.50 bits per heavy atom. The molecule has 1 aromatic heterocycles. The van der Waals surface area contributed by atoms with Gasteiger partial charge in [-0.3, -0.25) is 14.3 Å². The van der Waals surface area contributed by atoms with Crippen molar-refractivity contribution < 1.29 is 32.7 Å². The average Bonchev–Trinajstić information content (AvgIpc) is 3.53. The summed E-state index contributed by atoms with van der Waals surface area (Å²) in [5.41, 5.74) is 0.0339. The van der Waals surface area contributed by atoms with E-state index >= 15 is 0 Å². The lowest BCUT2D eigenvalue weighted by molar-refractivity contribution is -0.0967. The molecule has 56 heavy (non-hydrogen) atoms. The predicted octanol–water partition coefficient (Wildman–Crippen LogP) is 6.69. The molecule has 5 rings (SSSR count). The average molecular weight is 787 g/mol. The number of H-pyrrole nitrogens is 1. The van der Waals surface area contributed by atoms with Crippen molar-refractivity contribution in [3.05, 3.63) is 141 Å². The molecular weight excluding hydrogens is 735 g/mol. The number of benzene rings is 3. The van der Waals surface area contributed by atoms with Crippen molar-refractivity contribution in [1.29, 1.82) is 5.26 Å². The lowest BCUT2D eigenvalue weighted by atomic mass is 9.80. The number of nitrogens with zero attached hydrogens (tertiary/aromatic N) is 3. The zero-order valence-corrected chi connectivity index (χ0v) is 33.6. The Labute approximate surface area is 329 Å². The number of nitriles is 1. The molecular formula is C42H51N4O9P. The van der Waals surface area contributed by atoms with Crippen LogP contribution in [-0.2, 0) is 28.9 Å². The molecule has 0 amide bonds. The van der Waals surface area contributed by atoms with Crippen LogP contribution in [0.2, 0.25) is 0 Å². The Kier molecular flexibility index (Phi) is 15.2. The van der Waals surface area contributed by atoms with E-state index in [-0.39, 0.29) is 38.3 Å². The molecule has 1 unspecified atom stereocenters. The van der Waals surface area contributed by atoms with Crippen LogP contribution in [0.1, 0.15) is 57.0 Å². The second-order valence-electron chi connectivity index (χ2n) is 13.6. The number of hydrogen-bond donors (Lipinski definition) is 1. The maximum absolute atomic E-state index is 13.3. The van der Waals surface area contributed by atoms with Crippen LogP contribution in [0.15, 0.2) is 113 Å². The summed E-state index contributed by atoms with van der Waals surface area (Å²) in [5.74, 6) is 1.36. The van der Waals surface area contributed by atoms with Crippen LogP contribution in [0.4, 0.5) is 0 Å². The third-order valence-electron chi connectivity index (χ3n) is 9.33. The fourth-order valence-corrected chi connectivity index (χ4v) is 8.63. The van der Waals surface area contributed by atoms with Crippen LogP contribution in [-0.4, -0.2) is 78.7 Å². The first-order valence-electron chi connectivity index (χ1n) is 18.5. The summed E-state index contributed by atoms with van der Waals surface area (Å²) in [4.78, 5) is 27.8. The summed E-state index contributed by atoms with van der Waals surface area (Å²) in [7, 11) is 1.42. The lowest BCUT2D eigenvalue weighted by Crippen LogP contribution is -2.43. The summed E-state index contributed by atoms with van der Waals surface area (Å²) in [6.45, 7) is 12.2. The Morgan fingerprint density at radius 1 is 0.911 bits per heavy atom. The Bertz CT molecular complexity index is 1940. The highest BCUT2D eigenvalue weighted by molar-refractivity contribution is 7.44. The fraction of sp³-hybridized carbons (Fsp3) is 0.405. The van der Waals surface area contributed by atoms with Gasteiger partial charge < -0.3 is 32.7 Å². The highest BCUT2D eigenvalue weighted by Gasteiger charge is 2.51. The Hall–Kier alpha value is -4.64.